The number of sulfonamides is 1. The maximum atomic E-state index is 11.8. The monoisotopic (exact) mass is 393 g/mol. The molecule has 2 aliphatic rings. The lowest BCUT2D eigenvalue weighted by molar-refractivity contribution is 0.331. The third-order valence-corrected chi connectivity index (χ3v) is 7.12. The average Bonchev–Trinajstić information content (AvgIpc) is 3.28. The van der Waals surface area contributed by atoms with Gasteiger partial charge in [0.15, 0.2) is 5.96 Å². The summed E-state index contributed by atoms with van der Waals surface area (Å²) in [5, 5.41) is 6.47. The lowest BCUT2D eigenvalue weighted by atomic mass is 10.1. The fourth-order valence-electron chi connectivity index (χ4n) is 3.61. The Bertz CT molecular complexity index is 727. The van der Waals surface area contributed by atoms with E-state index in [1.165, 1.54) is 37.1 Å². The molecule has 3 rings (SSSR count). The van der Waals surface area contributed by atoms with Gasteiger partial charge in [-0.3, -0.25) is 9.89 Å². The molecule has 0 unspecified atom stereocenters. The second-order valence-corrected chi connectivity index (χ2v) is 9.31. The van der Waals surface area contributed by atoms with E-state index < -0.39 is 10.0 Å². The molecule has 0 radical (unpaired) electrons. The number of guanidine groups is 1. The topological polar surface area (TPSA) is 77.0 Å². The van der Waals surface area contributed by atoms with E-state index in [0.717, 1.165) is 13.0 Å². The molecular weight excluding hydrogens is 362 g/mol. The van der Waals surface area contributed by atoms with Gasteiger partial charge in [0.25, 0.3) is 0 Å². The van der Waals surface area contributed by atoms with Gasteiger partial charge in [0.2, 0.25) is 10.0 Å². The molecule has 7 nitrogen and oxygen atoms in total. The van der Waals surface area contributed by atoms with Crippen molar-refractivity contribution in [2.45, 2.75) is 32.4 Å². The van der Waals surface area contributed by atoms with Gasteiger partial charge in [-0.2, -0.15) is 0 Å². The molecule has 2 heterocycles. The lowest BCUT2D eigenvalue weighted by Gasteiger charge is -2.17. The molecule has 0 atom stereocenters. The SMILES string of the molecule is CN=C(NCCN1CCCS1(=O)=O)NCc1ccc(CN2CCCC2)cc1. The Morgan fingerprint density at radius 3 is 2.37 bits per heavy atom. The number of likely N-dealkylation sites (tertiary alicyclic amines) is 1. The van der Waals surface area contributed by atoms with E-state index in [-0.39, 0.29) is 5.75 Å². The first kappa shape index (κ1) is 20.1. The summed E-state index contributed by atoms with van der Waals surface area (Å²) in [6, 6.07) is 8.71. The highest BCUT2D eigenvalue weighted by atomic mass is 32.2. The second-order valence-electron chi connectivity index (χ2n) is 7.22. The molecule has 2 fully saturated rings. The van der Waals surface area contributed by atoms with Crippen molar-refractivity contribution in [1.29, 1.82) is 0 Å². The standard InChI is InChI=1S/C19H31N5O2S/c1-20-19(21-9-13-24-12-4-14-27(24,25)26)22-15-17-5-7-18(8-6-17)16-23-10-2-3-11-23/h5-8H,2-4,9-16H2,1H3,(H2,20,21,22). The van der Waals surface area contributed by atoms with E-state index in [2.05, 4.69) is 44.8 Å². The molecule has 2 saturated heterocycles. The van der Waals surface area contributed by atoms with Crippen LogP contribution in [0.5, 0.6) is 0 Å². The molecule has 0 amide bonds. The Hall–Kier alpha value is -1.64. The maximum absolute atomic E-state index is 11.8. The fourth-order valence-corrected chi connectivity index (χ4v) is 5.14. The predicted molar refractivity (Wildman–Crippen MR) is 109 cm³/mol. The summed E-state index contributed by atoms with van der Waals surface area (Å²) in [5.41, 5.74) is 2.56. The summed E-state index contributed by atoms with van der Waals surface area (Å²) in [6.45, 7) is 5.80. The van der Waals surface area contributed by atoms with Gasteiger partial charge in [-0.05, 0) is 43.5 Å². The van der Waals surface area contributed by atoms with E-state index >= 15 is 0 Å². The summed E-state index contributed by atoms with van der Waals surface area (Å²) < 4.78 is 25.2. The number of nitrogens with zero attached hydrogens (tertiary/aromatic N) is 3. The summed E-state index contributed by atoms with van der Waals surface area (Å²) in [6.07, 6.45) is 3.36. The van der Waals surface area contributed by atoms with Gasteiger partial charge in [0.1, 0.15) is 0 Å². The molecule has 0 aromatic heterocycles. The summed E-state index contributed by atoms with van der Waals surface area (Å²) in [4.78, 5) is 6.71. The number of hydrogen-bond donors (Lipinski definition) is 2. The highest BCUT2D eigenvalue weighted by molar-refractivity contribution is 7.89. The number of benzene rings is 1. The molecule has 0 saturated carbocycles. The number of aliphatic imine (C=N–C) groups is 1. The lowest BCUT2D eigenvalue weighted by Crippen LogP contribution is -2.41. The van der Waals surface area contributed by atoms with Crippen LogP contribution in [0.15, 0.2) is 29.3 Å². The van der Waals surface area contributed by atoms with Crippen LogP contribution >= 0.6 is 0 Å². The predicted octanol–water partition coefficient (Wildman–Crippen LogP) is 0.983. The van der Waals surface area contributed by atoms with Gasteiger partial charge in [-0.15, -0.1) is 0 Å². The van der Waals surface area contributed by atoms with Crippen molar-refractivity contribution in [2.75, 3.05) is 45.5 Å². The summed E-state index contributed by atoms with van der Waals surface area (Å²) in [5.74, 6) is 0.959. The molecule has 1 aromatic carbocycles. The highest BCUT2D eigenvalue weighted by Crippen LogP contribution is 2.13. The smallest absolute Gasteiger partial charge is 0.214 e. The van der Waals surface area contributed by atoms with Gasteiger partial charge in [-0.1, -0.05) is 24.3 Å². The maximum Gasteiger partial charge on any atom is 0.214 e. The largest absolute Gasteiger partial charge is 0.355 e. The van der Waals surface area contributed by atoms with Crippen molar-refractivity contribution in [3.63, 3.8) is 0 Å². The van der Waals surface area contributed by atoms with Crippen molar-refractivity contribution in [2.24, 2.45) is 4.99 Å². The highest BCUT2D eigenvalue weighted by Gasteiger charge is 2.27. The van der Waals surface area contributed by atoms with Gasteiger partial charge < -0.3 is 10.6 Å². The first-order valence-corrected chi connectivity index (χ1v) is 11.4. The van der Waals surface area contributed by atoms with Crippen LogP contribution in [-0.4, -0.2) is 69.1 Å². The van der Waals surface area contributed by atoms with Crippen molar-refractivity contribution in [3.05, 3.63) is 35.4 Å². The van der Waals surface area contributed by atoms with E-state index in [9.17, 15) is 8.42 Å². The quantitative estimate of drug-likeness (QED) is 0.534. The van der Waals surface area contributed by atoms with Crippen LogP contribution in [0, 0.1) is 0 Å². The minimum absolute atomic E-state index is 0.272. The molecular formula is C19H31N5O2S. The van der Waals surface area contributed by atoms with Crippen LogP contribution < -0.4 is 10.6 Å². The van der Waals surface area contributed by atoms with Crippen molar-refractivity contribution < 1.29 is 8.42 Å². The van der Waals surface area contributed by atoms with Crippen molar-refractivity contribution in [3.8, 4) is 0 Å². The molecule has 1 aromatic rings. The first-order valence-electron chi connectivity index (χ1n) is 9.79. The Labute approximate surface area is 162 Å². The van der Waals surface area contributed by atoms with Crippen LogP contribution in [-0.2, 0) is 23.1 Å². The van der Waals surface area contributed by atoms with Crippen LogP contribution in [0.4, 0.5) is 0 Å². The minimum atomic E-state index is -3.03. The number of rotatable bonds is 7. The fraction of sp³-hybridized carbons (Fsp3) is 0.632. The Balaban J connectivity index is 1.39. The number of hydrogen-bond acceptors (Lipinski definition) is 4. The molecule has 2 aliphatic heterocycles. The molecule has 0 aliphatic carbocycles. The average molecular weight is 394 g/mol. The van der Waals surface area contributed by atoms with E-state index in [0.29, 0.717) is 32.1 Å². The van der Waals surface area contributed by atoms with Crippen LogP contribution in [0.25, 0.3) is 0 Å². The minimum Gasteiger partial charge on any atom is -0.355 e. The first-order chi connectivity index (χ1) is 13.1. The van der Waals surface area contributed by atoms with Gasteiger partial charge in [0.05, 0.1) is 5.75 Å². The van der Waals surface area contributed by atoms with Gasteiger partial charge in [0, 0.05) is 39.8 Å². The Morgan fingerprint density at radius 1 is 1.04 bits per heavy atom. The normalized spacial score (nSPS) is 20.9. The van der Waals surface area contributed by atoms with Crippen LogP contribution in [0.3, 0.4) is 0 Å². The van der Waals surface area contributed by atoms with Crippen molar-refractivity contribution in [1.82, 2.24) is 19.8 Å². The van der Waals surface area contributed by atoms with E-state index in [1.807, 2.05) is 0 Å². The molecule has 0 spiro atoms. The zero-order valence-electron chi connectivity index (χ0n) is 16.2. The second kappa shape index (κ2) is 9.52. The van der Waals surface area contributed by atoms with Crippen LogP contribution in [0.2, 0.25) is 0 Å². The van der Waals surface area contributed by atoms with Gasteiger partial charge >= 0.3 is 0 Å². The Morgan fingerprint density at radius 2 is 1.74 bits per heavy atom. The zero-order chi connectivity index (χ0) is 19.1. The third-order valence-electron chi connectivity index (χ3n) is 5.17. The molecule has 150 valence electrons. The van der Waals surface area contributed by atoms with E-state index in [4.69, 9.17) is 0 Å². The Kier molecular flexibility index (Phi) is 7.09. The van der Waals surface area contributed by atoms with Crippen molar-refractivity contribution >= 4 is 16.0 Å². The van der Waals surface area contributed by atoms with E-state index in [1.54, 1.807) is 11.4 Å². The molecule has 27 heavy (non-hydrogen) atoms. The summed E-state index contributed by atoms with van der Waals surface area (Å²) >= 11 is 0. The van der Waals surface area contributed by atoms with Gasteiger partial charge in [-0.25, -0.2) is 12.7 Å². The molecule has 8 heteroatoms. The third kappa shape index (κ3) is 5.92. The van der Waals surface area contributed by atoms with Crippen LogP contribution in [0.1, 0.15) is 30.4 Å². The zero-order valence-corrected chi connectivity index (χ0v) is 17.0. The number of nitrogens with one attached hydrogen (secondary N) is 2. The molecule has 2 N–H and O–H groups in total. The molecule has 0 bridgehead atoms. The summed E-state index contributed by atoms with van der Waals surface area (Å²) in [7, 11) is -1.31.